The van der Waals surface area contributed by atoms with Crippen LogP contribution in [0.5, 0.6) is 0 Å². The van der Waals surface area contributed by atoms with Gasteiger partial charge >= 0.3 is 11.9 Å². The van der Waals surface area contributed by atoms with Crippen LogP contribution in [0.1, 0.15) is 46.5 Å². The summed E-state index contributed by atoms with van der Waals surface area (Å²) < 4.78 is 10.8. The second-order valence-electron chi connectivity index (χ2n) is 7.34. The number of ether oxygens (including phenoxy) is 2. The van der Waals surface area contributed by atoms with Gasteiger partial charge in [0.1, 0.15) is 6.29 Å². The van der Waals surface area contributed by atoms with Crippen molar-refractivity contribution in [3.05, 3.63) is 47.6 Å². The maximum Gasteiger partial charge on any atom is 0.312 e. The maximum atomic E-state index is 12.7. The van der Waals surface area contributed by atoms with E-state index in [0.717, 1.165) is 24.7 Å². The average Bonchev–Trinajstić information content (AvgIpc) is 2.66. The van der Waals surface area contributed by atoms with E-state index in [1.165, 1.54) is 12.5 Å². The fourth-order valence-electron chi connectivity index (χ4n) is 3.79. The summed E-state index contributed by atoms with van der Waals surface area (Å²) in [6.07, 6.45) is 10.1. The zero-order chi connectivity index (χ0) is 20.0. The summed E-state index contributed by atoms with van der Waals surface area (Å²) >= 11 is 0. The van der Waals surface area contributed by atoms with E-state index in [4.69, 9.17) is 9.47 Å². The molecule has 0 aromatic carbocycles. The molecule has 5 heteroatoms. The van der Waals surface area contributed by atoms with E-state index in [9.17, 15) is 14.4 Å². The lowest BCUT2D eigenvalue weighted by molar-refractivity contribution is -0.216. The van der Waals surface area contributed by atoms with Crippen LogP contribution in [0.15, 0.2) is 47.6 Å². The number of rotatable bonds is 5. The third kappa shape index (κ3) is 5.52. The van der Waals surface area contributed by atoms with Crippen LogP contribution in [0.4, 0.5) is 0 Å². The molecule has 0 bridgehead atoms. The van der Waals surface area contributed by atoms with Gasteiger partial charge in [-0.3, -0.25) is 14.4 Å². The first-order chi connectivity index (χ1) is 12.8. The van der Waals surface area contributed by atoms with Gasteiger partial charge in [-0.25, -0.2) is 0 Å². The fourth-order valence-corrected chi connectivity index (χ4v) is 3.79. The van der Waals surface area contributed by atoms with Gasteiger partial charge in [0.25, 0.3) is 6.29 Å². The number of hydrogen-bond donors (Lipinski definition) is 0. The highest BCUT2D eigenvalue weighted by Gasteiger charge is 2.48. The van der Waals surface area contributed by atoms with Gasteiger partial charge in [-0.05, 0) is 51.0 Å². The van der Waals surface area contributed by atoms with Crippen LogP contribution >= 0.6 is 0 Å². The van der Waals surface area contributed by atoms with Crippen molar-refractivity contribution in [3.8, 4) is 0 Å². The Hall–Kier alpha value is -2.43. The van der Waals surface area contributed by atoms with Crippen molar-refractivity contribution in [2.24, 2.45) is 17.8 Å². The van der Waals surface area contributed by atoms with Crippen molar-refractivity contribution in [1.29, 1.82) is 0 Å². The monoisotopic (exact) mass is 372 g/mol. The largest absolute Gasteiger partial charge is 0.425 e. The maximum absolute atomic E-state index is 12.7. The number of fused-ring (bicyclic) bond motifs is 1. The van der Waals surface area contributed by atoms with Gasteiger partial charge in [-0.2, -0.15) is 0 Å². The molecule has 0 aromatic rings. The Bertz CT molecular complexity index is 697. The summed E-state index contributed by atoms with van der Waals surface area (Å²) in [5.74, 6) is -1.92. The first-order valence-corrected chi connectivity index (χ1v) is 9.34. The number of esters is 2. The number of cyclic esters (lactones) is 1. The van der Waals surface area contributed by atoms with Crippen LogP contribution in [0, 0.1) is 17.8 Å². The van der Waals surface area contributed by atoms with Crippen LogP contribution in [0.25, 0.3) is 0 Å². The molecule has 0 N–H and O–H groups in total. The lowest BCUT2D eigenvalue weighted by atomic mass is 9.71. The Morgan fingerprint density at radius 1 is 1.37 bits per heavy atom. The summed E-state index contributed by atoms with van der Waals surface area (Å²) in [5.41, 5.74) is 2.64. The van der Waals surface area contributed by atoms with Gasteiger partial charge in [0.15, 0.2) is 0 Å². The molecule has 146 valence electrons. The van der Waals surface area contributed by atoms with Gasteiger partial charge in [0, 0.05) is 6.92 Å². The third-order valence-corrected chi connectivity index (χ3v) is 5.09. The Labute approximate surface area is 160 Å². The Kier molecular flexibility index (Phi) is 7.34. The minimum Gasteiger partial charge on any atom is -0.425 e. The van der Waals surface area contributed by atoms with Crippen LogP contribution in [0.2, 0.25) is 0 Å². The zero-order valence-electron chi connectivity index (χ0n) is 16.3. The van der Waals surface area contributed by atoms with E-state index < -0.39 is 24.1 Å². The number of allylic oxidation sites excluding steroid dienone is 6. The molecule has 5 nitrogen and oxygen atoms in total. The van der Waals surface area contributed by atoms with Gasteiger partial charge in [0.2, 0.25) is 0 Å². The van der Waals surface area contributed by atoms with Crippen LogP contribution in [-0.2, 0) is 23.9 Å². The van der Waals surface area contributed by atoms with Gasteiger partial charge in [-0.1, -0.05) is 42.0 Å². The third-order valence-electron chi connectivity index (χ3n) is 5.09. The van der Waals surface area contributed by atoms with Gasteiger partial charge in [-0.15, -0.1) is 0 Å². The lowest BCUT2D eigenvalue weighted by Gasteiger charge is -2.41. The molecule has 4 atom stereocenters. The second-order valence-corrected chi connectivity index (χ2v) is 7.34. The molecule has 1 aliphatic carbocycles. The van der Waals surface area contributed by atoms with Crippen molar-refractivity contribution in [3.63, 3.8) is 0 Å². The number of hydrogen-bond acceptors (Lipinski definition) is 5. The molecule has 2 aliphatic rings. The van der Waals surface area contributed by atoms with Crippen molar-refractivity contribution in [1.82, 2.24) is 0 Å². The first-order valence-electron chi connectivity index (χ1n) is 9.34. The van der Waals surface area contributed by atoms with Crippen molar-refractivity contribution >= 4 is 18.2 Å². The molecular formula is C22H28O5. The van der Waals surface area contributed by atoms with Crippen molar-refractivity contribution in [2.75, 3.05) is 0 Å². The molecule has 1 saturated heterocycles. The summed E-state index contributed by atoms with van der Waals surface area (Å²) in [7, 11) is 0. The average molecular weight is 372 g/mol. The summed E-state index contributed by atoms with van der Waals surface area (Å²) in [5, 5.41) is 0. The number of carbonyl (C=O) groups excluding carboxylic acids is 3. The molecule has 4 unspecified atom stereocenters. The number of carbonyl (C=O) groups is 3. The first kappa shape index (κ1) is 20.9. The van der Waals surface area contributed by atoms with E-state index in [1.807, 2.05) is 25.2 Å². The summed E-state index contributed by atoms with van der Waals surface area (Å²) in [6, 6.07) is 0. The molecule has 0 spiro atoms. The zero-order valence-corrected chi connectivity index (χ0v) is 16.3. The van der Waals surface area contributed by atoms with E-state index in [1.54, 1.807) is 0 Å². The molecule has 0 saturated carbocycles. The summed E-state index contributed by atoms with van der Waals surface area (Å²) in [4.78, 5) is 36.0. The summed E-state index contributed by atoms with van der Waals surface area (Å²) in [6.45, 7) is 9.04. The van der Waals surface area contributed by atoms with Crippen LogP contribution in [0.3, 0.4) is 0 Å². The Morgan fingerprint density at radius 2 is 2.11 bits per heavy atom. The molecule has 0 aromatic heterocycles. The van der Waals surface area contributed by atoms with E-state index in [-0.39, 0.29) is 11.9 Å². The normalized spacial score (nSPS) is 28.6. The SMILES string of the molecule is C=C(C)C=CCC1C(=O)OC(OC(C)=O)C2C(C=O)=CCC=C(C)CCC12. The van der Waals surface area contributed by atoms with E-state index >= 15 is 0 Å². The predicted molar refractivity (Wildman–Crippen MR) is 102 cm³/mol. The fraction of sp³-hybridized carbons (Fsp3) is 0.500. The molecule has 27 heavy (non-hydrogen) atoms. The minimum absolute atomic E-state index is 0.150. The Balaban J connectivity index is 2.43. The molecule has 1 fully saturated rings. The molecule has 1 heterocycles. The van der Waals surface area contributed by atoms with Gasteiger partial charge < -0.3 is 9.47 Å². The molecule has 2 rings (SSSR count). The van der Waals surface area contributed by atoms with Crippen LogP contribution < -0.4 is 0 Å². The predicted octanol–water partition coefficient (Wildman–Crippen LogP) is 4.06. The molecule has 0 radical (unpaired) electrons. The molecular weight excluding hydrogens is 344 g/mol. The smallest absolute Gasteiger partial charge is 0.312 e. The number of aldehydes is 1. The highest BCUT2D eigenvalue weighted by Crippen LogP contribution is 2.42. The molecule has 1 aliphatic heterocycles. The lowest BCUT2D eigenvalue weighted by Crippen LogP contribution is -2.48. The van der Waals surface area contributed by atoms with E-state index in [0.29, 0.717) is 18.4 Å². The topological polar surface area (TPSA) is 69.7 Å². The molecule has 0 amide bonds. The van der Waals surface area contributed by atoms with E-state index in [2.05, 4.69) is 19.6 Å². The van der Waals surface area contributed by atoms with Crippen molar-refractivity contribution < 1.29 is 23.9 Å². The van der Waals surface area contributed by atoms with Crippen molar-refractivity contribution in [2.45, 2.75) is 52.7 Å². The Morgan fingerprint density at radius 3 is 2.74 bits per heavy atom. The van der Waals surface area contributed by atoms with Crippen LogP contribution in [-0.4, -0.2) is 24.5 Å². The van der Waals surface area contributed by atoms with Gasteiger partial charge in [0.05, 0.1) is 11.8 Å². The highest BCUT2D eigenvalue weighted by atomic mass is 16.7. The standard InChI is InChI=1S/C22H28O5/c1-14(2)7-5-10-19-18-12-11-15(3)8-6-9-17(13-23)20(18)22(26-16(4)24)27-21(19)25/h5,7-9,13,18-20,22H,1,6,10-12H2,2-4H3. The quantitative estimate of drug-likeness (QED) is 0.315. The minimum atomic E-state index is -1.06. The second kappa shape index (κ2) is 9.49. The highest BCUT2D eigenvalue weighted by molar-refractivity contribution is 5.78.